The van der Waals surface area contributed by atoms with Crippen LogP contribution in [0.3, 0.4) is 0 Å². The van der Waals surface area contributed by atoms with Crippen LogP contribution in [0.15, 0.2) is 10.4 Å². The minimum absolute atomic E-state index is 0.587. The lowest BCUT2D eigenvalue weighted by Crippen LogP contribution is -2.40. The van der Waals surface area contributed by atoms with Crippen LogP contribution >= 0.6 is 11.3 Å². The van der Waals surface area contributed by atoms with Crippen molar-refractivity contribution in [2.45, 2.75) is 39.5 Å². The summed E-state index contributed by atoms with van der Waals surface area (Å²) in [5, 5.41) is 6.81. The Bertz CT molecular complexity index is 535. The summed E-state index contributed by atoms with van der Waals surface area (Å²) in [6.45, 7) is 10.2. The van der Waals surface area contributed by atoms with E-state index in [-0.39, 0.29) is 0 Å². The molecule has 7 heteroatoms. The zero-order valence-electron chi connectivity index (χ0n) is 16.5. The molecule has 1 aliphatic rings. The fraction of sp³-hybridized carbons (Fsp3) is 0.789. The van der Waals surface area contributed by atoms with Crippen LogP contribution in [0, 0.1) is 12.8 Å². The molecule has 2 heterocycles. The largest absolute Gasteiger partial charge is 0.382 e. The van der Waals surface area contributed by atoms with E-state index in [2.05, 4.69) is 34.4 Å². The Morgan fingerprint density at radius 3 is 3.04 bits per heavy atom. The zero-order chi connectivity index (χ0) is 18.6. The van der Waals surface area contributed by atoms with Crippen molar-refractivity contribution < 1.29 is 9.47 Å². The molecule has 1 fully saturated rings. The van der Waals surface area contributed by atoms with Crippen LogP contribution in [0.2, 0.25) is 0 Å². The average molecular weight is 383 g/mol. The van der Waals surface area contributed by atoms with Gasteiger partial charge in [0.2, 0.25) is 0 Å². The van der Waals surface area contributed by atoms with Crippen molar-refractivity contribution >= 4 is 17.3 Å². The van der Waals surface area contributed by atoms with Crippen molar-refractivity contribution in [1.82, 2.24) is 15.2 Å². The molecule has 0 aromatic carbocycles. The van der Waals surface area contributed by atoms with Gasteiger partial charge in [0.05, 0.1) is 24.8 Å². The fourth-order valence-electron chi connectivity index (χ4n) is 3.07. The minimum atomic E-state index is 0.587. The number of hydrogen-bond donors (Lipinski definition) is 1. The number of rotatable bonds is 11. The van der Waals surface area contributed by atoms with Gasteiger partial charge in [0, 0.05) is 50.3 Å². The van der Waals surface area contributed by atoms with Gasteiger partial charge >= 0.3 is 0 Å². The molecular formula is C19H34N4O2S. The molecule has 0 radical (unpaired) electrons. The molecule has 0 aliphatic carbocycles. The van der Waals surface area contributed by atoms with E-state index in [1.54, 1.807) is 18.4 Å². The van der Waals surface area contributed by atoms with Crippen molar-refractivity contribution in [3.05, 3.63) is 16.1 Å². The van der Waals surface area contributed by atoms with Crippen molar-refractivity contribution in [3.63, 3.8) is 0 Å². The van der Waals surface area contributed by atoms with Gasteiger partial charge in [-0.25, -0.2) is 4.98 Å². The van der Waals surface area contributed by atoms with E-state index in [1.807, 2.05) is 0 Å². The Kier molecular flexibility index (Phi) is 9.95. The molecule has 1 aliphatic heterocycles. The predicted molar refractivity (Wildman–Crippen MR) is 108 cm³/mol. The van der Waals surface area contributed by atoms with Crippen LogP contribution in [0.5, 0.6) is 0 Å². The van der Waals surface area contributed by atoms with Crippen molar-refractivity contribution in [1.29, 1.82) is 0 Å². The van der Waals surface area contributed by atoms with Crippen LogP contribution in [0.4, 0.5) is 0 Å². The minimum Gasteiger partial charge on any atom is -0.382 e. The lowest BCUT2D eigenvalue weighted by Gasteiger charge is -2.21. The van der Waals surface area contributed by atoms with Gasteiger partial charge in [0.25, 0.3) is 0 Å². The summed E-state index contributed by atoms with van der Waals surface area (Å²) in [4.78, 5) is 11.7. The molecule has 0 saturated carbocycles. The molecule has 6 nitrogen and oxygen atoms in total. The third-order valence-electron chi connectivity index (χ3n) is 4.43. The summed E-state index contributed by atoms with van der Waals surface area (Å²) in [6.07, 6.45) is 4.48. The third kappa shape index (κ3) is 7.60. The van der Waals surface area contributed by atoms with Gasteiger partial charge in [0.1, 0.15) is 0 Å². The average Bonchev–Trinajstić information content (AvgIpc) is 3.27. The van der Waals surface area contributed by atoms with E-state index in [0.29, 0.717) is 19.1 Å². The molecule has 1 saturated heterocycles. The quantitative estimate of drug-likeness (QED) is 0.362. The van der Waals surface area contributed by atoms with Crippen LogP contribution in [-0.2, 0) is 15.9 Å². The van der Waals surface area contributed by atoms with Gasteiger partial charge in [-0.1, -0.05) is 0 Å². The maximum Gasteiger partial charge on any atom is 0.193 e. The smallest absolute Gasteiger partial charge is 0.193 e. The first kappa shape index (κ1) is 21.1. The van der Waals surface area contributed by atoms with E-state index in [1.165, 1.54) is 11.4 Å². The van der Waals surface area contributed by atoms with Crippen LogP contribution < -0.4 is 5.32 Å². The Morgan fingerprint density at radius 2 is 2.31 bits per heavy atom. The number of nitrogens with zero attached hydrogens (tertiary/aromatic N) is 3. The van der Waals surface area contributed by atoms with E-state index >= 15 is 0 Å². The normalized spacial score (nSPS) is 17.9. The van der Waals surface area contributed by atoms with Gasteiger partial charge in [-0.05, 0) is 39.5 Å². The zero-order valence-corrected chi connectivity index (χ0v) is 17.3. The summed E-state index contributed by atoms with van der Waals surface area (Å²) >= 11 is 1.76. The molecule has 1 aromatic rings. The van der Waals surface area contributed by atoms with E-state index in [4.69, 9.17) is 14.5 Å². The lowest BCUT2D eigenvalue weighted by molar-refractivity contribution is 0.0536. The Morgan fingerprint density at radius 1 is 1.42 bits per heavy atom. The first-order chi connectivity index (χ1) is 12.7. The monoisotopic (exact) mass is 382 g/mol. The van der Waals surface area contributed by atoms with E-state index in [9.17, 15) is 0 Å². The number of methoxy groups -OCH3 is 1. The number of thiazole rings is 1. The Labute approximate surface area is 162 Å². The van der Waals surface area contributed by atoms with Gasteiger partial charge in [0.15, 0.2) is 5.96 Å². The van der Waals surface area contributed by atoms with E-state index in [0.717, 1.165) is 63.7 Å². The summed E-state index contributed by atoms with van der Waals surface area (Å²) in [6, 6.07) is 0. The number of likely N-dealkylation sites (tertiary alicyclic amines) is 1. The van der Waals surface area contributed by atoms with Crippen LogP contribution in [0.25, 0.3) is 0 Å². The molecule has 148 valence electrons. The lowest BCUT2D eigenvalue weighted by atomic mass is 10.1. The molecule has 1 N–H and O–H groups in total. The second-order valence-corrected chi connectivity index (χ2v) is 7.69. The standard InChI is InChI=1S/C19H34N4O2S/c1-4-20-19(21-9-6-5-7-18-22-16(2)15-26-18)23-10-8-17(13-23)14-25-12-11-24-3/h15,17H,4-14H2,1-3H3,(H,20,21). The molecule has 26 heavy (non-hydrogen) atoms. The Balaban J connectivity index is 1.68. The van der Waals surface area contributed by atoms with Crippen LogP contribution in [-0.4, -0.2) is 69.0 Å². The number of unbranched alkanes of at least 4 members (excludes halogenated alkanes) is 1. The van der Waals surface area contributed by atoms with Gasteiger partial charge in [-0.15, -0.1) is 11.3 Å². The van der Waals surface area contributed by atoms with Crippen molar-refractivity contribution in [3.8, 4) is 0 Å². The molecule has 2 rings (SSSR count). The number of aliphatic imine (C=N–C) groups is 1. The molecule has 0 amide bonds. The summed E-state index contributed by atoms with van der Waals surface area (Å²) in [7, 11) is 1.71. The third-order valence-corrected chi connectivity index (χ3v) is 5.46. The highest BCUT2D eigenvalue weighted by molar-refractivity contribution is 7.09. The fourth-order valence-corrected chi connectivity index (χ4v) is 3.89. The Hall–Kier alpha value is -1.18. The summed E-state index contributed by atoms with van der Waals surface area (Å²) in [5.74, 6) is 1.64. The topological polar surface area (TPSA) is 59.0 Å². The molecule has 1 atom stereocenters. The van der Waals surface area contributed by atoms with Crippen LogP contribution in [0.1, 0.15) is 36.9 Å². The molecule has 1 unspecified atom stereocenters. The molecule has 0 bridgehead atoms. The highest BCUT2D eigenvalue weighted by Crippen LogP contribution is 2.17. The molecular weight excluding hydrogens is 348 g/mol. The maximum absolute atomic E-state index is 5.69. The van der Waals surface area contributed by atoms with Crippen molar-refractivity contribution in [2.75, 3.05) is 53.1 Å². The number of aromatic nitrogens is 1. The summed E-state index contributed by atoms with van der Waals surface area (Å²) < 4.78 is 10.7. The number of hydrogen-bond acceptors (Lipinski definition) is 5. The second kappa shape index (κ2) is 12.3. The number of nitrogens with one attached hydrogen (secondary N) is 1. The van der Waals surface area contributed by atoms with Gasteiger partial charge in [-0.2, -0.15) is 0 Å². The highest BCUT2D eigenvalue weighted by Gasteiger charge is 2.24. The highest BCUT2D eigenvalue weighted by atomic mass is 32.1. The summed E-state index contributed by atoms with van der Waals surface area (Å²) in [5.41, 5.74) is 1.13. The second-order valence-electron chi connectivity index (χ2n) is 6.74. The first-order valence-corrected chi connectivity index (χ1v) is 10.6. The van der Waals surface area contributed by atoms with Crippen molar-refractivity contribution in [2.24, 2.45) is 10.9 Å². The van der Waals surface area contributed by atoms with Gasteiger partial charge < -0.3 is 19.7 Å². The number of ether oxygens (including phenoxy) is 2. The number of guanidine groups is 1. The maximum atomic E-state index is 5.69. The van der Waals surface area contributed by atoms with Gasteiger partial charge in [-0.3, -0.25) is 4.99 Å². The van der Waals surface area contributed by atoms with E-state index < -0.39 is 0 Å². The predicted octanol–water partition coefficient (Wildman–Crippen LogP) is 2.72. The molecule has 0 spiro atoms. The SMILES string of the molecule is CCNC(=NCCCCc1nc(C)cs1)N1CCC(COCCOC)C1. The first-order valence-electron chi connectivity index (χ1n) is 9.73. The molecule has 1 aromatic heterocycles. The number of aryl methyl sites for hydroxylation is 2.